The van der Waals surface area contributed by atoms with Gasteiger partial charge in [-0.2, -0.15) is 0 Å². The van der Waals surface area contributed by atoms with Crippen LogP contribution in [-0.4, -0.2) is 50.9 Å². The summed E-state index contributed by atoms with van der Waals surface area (Å²) >= 11 is 0. The Hall–Kier alpha value is -2.29. The van der Waals surface area contributed by atoms with Crippen molar-refractivity contribution in [2.45, 2.75) is 43.5 Å². The highest BCUT2D eigenvalue weighted by Crippen LogP contribution is 2.29. The summed E-state index contributed by atoms with van der Waals surface area (Å²) in [5, 5.41) is 11.4. The van der Waals surface area contributed by atoms with Gasteiger partial charge in [-0.05, 0) is 32.4 Å². The minimum absolute atomic E-state index is 0.0353. The third-order valence-corrected chi connectivity index (χ3v) is 5.47. The zero-order valence-corrected chi connectivity index (χ0v) is 16.2. The average molecular weight is 387 g/mol. The molecule has 0 aliphatic heterocycles. The summed E-state index contributed by atoms with van der Waals surface area (Å²) in [6.45, 7) is 3.38. The quantitative estimate of drug-likeness (QED) is 0.626. The second-order valence-electron chi connectivity index (χ2n) is 6.41. The lowest BCUT2D eigenvalue weighted by atomic mass is 9.98. The monoisotopic (exact) mass is 387 g/mol. The number of aliphatic carboxylic acids is 1. The Labute approximate surface area is 153 Å². The van der Waals surface area contributed by atoms with Crippen LogP contribution in [0.3, 0.4) is 0 Å². The van der Waals surface area contributed by atoms with Crippen LogP contribution in [0.2, 0.25) is 0 Å². The van der Waals surface area contributed by atoms with E-state index in [0.29, 0.717) is 5.75 Å². The van der Waals surface area contributed by atoms with E-state index in [0.717, 1.165) is 0 Å². The lowest BCUT2D eigenvalue weighted by Crippen LogP contribution is -2.44. The van der Waals surface area contributed by atoms with Crippen molar-refractivity contribution in [3.63, 3.8) is 0 Å². The lowest BCUT2D eigenvalue weighted by Gasteiger charge is -2.25. The minimum atomic E-state index is -3.68. The molecule has 0 spiro atoms. The van der Waals surface area contributed by atoms with Crippen molar-refractivity contribution in [3.05, 3.63) is 18.2 Å². The van der Waals surface area contributed by atoms with Crippen LogP contribution < -0.4 is 14.8 Å². The van der Waals surface area contributed by atoms with E-state index < -0.39 is 27.3 Å². The van der Waals surface area contributed by atoms with Gasteiger partial charge < -0.3 is 19.9 Å². The summed E-state index contributed by atoms with van der Waals surface area (Å²) in [5.74, 6) is -1.09. The molecule has 0 unspecified atom stereocenters. The predicted octanol–water partition coefficient (Wildman–Crippen LogP) is 1.63. The summed E-state index contributed by atoms with van der Waals surface area (Å²) in [5.41, 5.74) is -0.734. The molecule has 0 aromatic heterocycles. The van der Waals surface area contributed by atoms with E-state index in [1.807, 2.05) is 0 Å². The Bertz CT molecular complexity index is 756. The molecule has 0 aliphatic carbocycles. The summed E-state index contributed by atoms with van der Waals surface area (Å²) in [7, 11) is -0.834. The second kappa shape index (κ2) is 8.88. The normalized spacial score (nSPS) is 11.7. The Morgan fingerprint density at radius 1 is 1.12 bits per heavy atom. The first-order valence-corrected chi connectivity index (χ1v) is 9.63. The number of sulfone groups is 1. The summed E-state index contributed by atoms with van der Waals surface area (Å²) in [6, 6.07) is 4.23. The van der Waals surface area contributed by atoms with Crippen LogP contribution in [0.5, 0.6) is 11.5 Å². The number of carboxylic acid groups (broad SMARTS) is 1. The van der Waals surface area contributed by atoms with E-state index in [2.05, 4.69) is 5.32 Å². The molecule has 1 rings (SSSR count). The molecule has 0 saturated heterocycles. The van der Waals surface area contributed by atoms with Crippen LogP contribution in [-0.2, 0) is 19.4 Å². The van der Waals surface area contributed by atoms with Crippen LogP contribution in [0.4, 0.5) is 0 Å². The average Bonchev–Trinajstić information content (AvgIpc) is 2.57. The first-order chi connectivity index (χ1) is 12.0. The van der Waals surface area contributed by atoms with Crippen molar-refractivity contribution >= 4 is 21.7 Å². The highest BCUT2D eigenvalue weighted by Gasteiger charge is 2.24. The fourth-order valence-electron chi connectivity index (χ4n) is 2.28. The fourth-order valence-corrected chi connectivity index (χ4v) is 3.53. The SMILES string of the molecule is COc1ccc(S(=O)(=O)CCC(=O)NC(C)(C)CCC(=O)O)cc1OC. The van der Waals surface area contributed by atoms with Crippen molar-refractivity contribution in [1.82, 2.24) is 5.32 Å². The number of benzene rings is 1. The molecule has 9 heteroatoms. The van der Waals surface area contributed by atoms with Gasteiger partial charge in [0.1, 0.15) is 0 Å². The Morgan fingerprint density at radius 3 is 2.27 bits per heavy atom. The molecule has 26 heavy (non-hydrogen) atoms. The molecule has 0 radical (unpaired) electrons. The van der Waals surface area contributed by atoms with Gasteiger partial charge in [-0.25, -0.2) is 8.42 Å². The highest BCUT2D eigenvalue weighted by atomic mass is 32.2. The highest BCUT2D eigenvalue weighted by molar-refractivity contribution is 7.91. The molecule has 0 saturated carbocycles. The lowest BCUT2D eigenvalue weighted by molar-refractivity contribution is -0.137. The molecule has 1 aromatic carbocycles. The van der Waals surface area contributed by atoms with Crippen molar-refractivity contribution < 1.29 is 32.6 Å². The number of carbonyl (C=O) groups is 2. The standard InChI is InChI=1S/C17H25NO7S/c1-17(2,9-7-16(20)21)18-15(19)8-10-26(22,23)12-5-6-13(24-3)14(11-12)25-4/h5-6,11H,7-10H2,1-4H3,(H,18,19)(H,20,21). The maximum Gasteiger partial charge on any atom is 0.303 e. The third-order valence-electron chi connectivity index (χ3n) is 3.75. The van der Waals surface area contributed by atoms with E-state index in [1.165, 1.54) is 32.4 Å². The van der Waals surface area contributed by atoms with Crippen LogP contribution in [0.1, 0.15) is 33.1 Å². The van der Waals surface area contributed by atoms with Crippen molar-refractivity contribution in [2.24, 2.45) is 0 Å². The molecule has 1 amide bonds. The number of nitrogens with one attached hydrogen (secondary N) is 1. The fraction of sp³-hybridized carbons (Fsp3) is 0.529. The summed E-state index contributed by atoms with van der Waals surface area (Å²) < 4.78 is 35.0. The minimum Gasteiger partial charge on any atom is -0.493 e. The second-order valence-corrected chi connectivity index (χ2v) is 8.52. The molecule has 0 aliphatic rings. The zero-order valence-electron chi connectivity index (χ0n) is 15.4. The van der Waals surface area contributed by atoms with Gasteiger partial charge in [0.15, 0.2) is 21.3 Å². The smallest absolute Gasteiger partial charge is 0.303 e. The van der Waals surface area contributed by atoms with Gasteiger partial charge in [0.05, 0.1) is 24.9 Å². The third kappa shape index (κ3) is 6.55. The van der Waals surface area contributed by atoms with E-state index in [9.17, 15) is 18.0 Å². The molecule has 146 valence electrons. The van der Waals surface area contributed by atoms with Gasteiger partial charge >= 0.3 is 5.97 Å². The van der Waals surface area contributed by atoms with Crippen LogP contribution in [0, 0.1) is 0 Å². The van der Waals surface area contributed by atoms with Crippen molar-refractivity contribution in [3.8, 4) is 11.5 Å². The molecule has 1 aromatic rings. The summed E-state index contributed by atoms with van der Waals surface area (Å²) in [4.78, 5) is 22.7. The number of rotatable bonds is 10. The van der Waals surface area contributed by atoms with Gasteiger partial charge in [0.2, 0.25) is 5.91 Å². The number of carbonyl (C=O) groups excluding carboxylic acids is 1. The van der Waals surface area contributed by atoms with Gasteiger partial charge in [-0.15, -0.1) is 0 Å². The summed E-state index contributed by atoms with van der Waals surface area (Å²) in [6.07, 6.45) is -0.0685. The van der Waals surface area contributed by atoms with Crippen LogP contribution in [0.25, 0.3) is 0 Å². The molecule has 0 bridgehead atoms. The first kappa shape index (κ1) is 21.8. The molecular formula is C17H25NO7S. The predicted molar refractivity (Wildman–Crippen MR) is 95.3 cm³/mol. The number of ether oxygens (including phenoxy) is 2. The van der Waals surface area contributed by atoms with Crippen LogP contribution in [0.15, 0.2) is 23.1 Å². The van der Waals surface area contributed by atoms with Crippen LogP contribution >= 0.6 is 0 Å². The number of amides is 1. The number of hydrogen-bond donors (Lipinski definition) is 2. The Balaban J connectivity index is 2.73. The molecule has 2 N–H and O–H groups in total. The zero-order chi connectivity index (χ0) is 20.0. The Morgan fingerprint density at radius 2 is 1.73 bits per heavy atom. The van der Waals surface area contributed by atoms with Gasteiger partial charge in [-0.1, -0.05) is 0 Å². The van der Waals surface area contributed by atoms with Crippen molar-refractivity contribution in [2.75, 3.05) is 20.0 Å². The molecule has 8 nitrogen and oxygen atoms in total. The maximum absolute atomic E-state index is 12.4. The topological polar surface area (TPSA) is 119 Å². The van der Waals surface area contributed by atoms with E-state index in [1.54, 1.807) is 13.8 Å². The molecule has 0 atom stereocenters. The number of hydrogen-bond acceptors (Lipinski definition) is 6. The molecular weight excluding hydrogens is 362 g/mol. The number of carboxylic acids is 1. The van der Waals surface area contributed by atoms with Gasteiger partial charge in [-0.3, -0.25) is 9.59 Å². The van der Waals surface area contributed by atoms with E-state index in [4.69, 9.17) is 14.6 Å². The molecule has 0 fully saturated rings. The number of methoxy groups -OCH3 is 2. The van der Waals surface area contributed by atoms with E-state index in [-0.39, 0.29) is 35.7 Å². The van der Waals surface area contributed by atoms with Gasteiger partial charge in [0.25, 0.3) is 0 Å². The van der Waals surface area contributed by atoms with Gasteiger partial charge in [0, 0.05) is 24.4 Å². The maximum atomic E-state index is 12.4. The Kier molecular flexibility index (Phi) is 7.43. The van der Waals surface area contributed by atoms with Crippen molar-refractivity contribution in [1.29, 1.82) is 0 Å². The van der Waals surface area contributed by atoms with E-state index >= 15 is 0 Å². The largest absolute Gasteiger partial charge is 0.493 e. The molecule has 0 heterocycles. The first-order valence-electron chi connectivity index (χ1n) is 7.98.